The van der Waals surface area contributed by atoms with Gasteiger partial charge in [-0.1, -0.05) is 23.7 Å². The van der Waals surface area contributed by atoms with Crippen molar-refractivity contribution >= 4 is 46.4 Å². The topological polar surface area (TPSA) is 158 Å². The minimum absolute atomic E-state index is 0.0520. The van der Waals surface area contributed by atoms with Gasteiger partial charge in [0, 0.05) is 23.4 Å². The fraction of sp³-hybridized carbons (Fsp3) is 0.0417. The lowest BCUT2D eigenvalue weighted by Gasteiger charge is -2.25. The molecule has 1 atom stereocenters. The SMILES string of the molecule is O=C1C(=O)N(c2ccc(O)c(C(=O)O)c2)C(c2ccc([N+](=O)[O-])cc2)/C1=C(/O)c1ccccc1Cl. The maximum atomic E-state index is 13.1. The number of carbonyl (C=O) groups is 3. The quantitative estimate of drug-likeness (QED) is 0.156. The van der Waals surface area contributed by atoms with Gasteiger partial charge < -0.3 is 15.3 Å². The number of Topliss-reactive ketones (excluding diaryl/α,β-unsaturated/α-hetero) is 1. The van der Waals surface area contributed by atoms with Crippen molar-refractivity contribution in [1.29, 1.82) is 0 Å². The van der Waals surface area contributed by atoms with Crippen LogP contribution in [0.15, 0.2) is 72.3 Å². The van der Waals surface area contributed by atoms with Crippen molar-refractivity contribution in [2.24, 2.45) is 0 Å². The van der Waals surface area contributed by atoms with Gasteiger partial charge in [-0.15, -0.1) is 0 Å². The first-order chi connectivity index (χ1) is 16.6. The Bertz CT molecular complexity index is 1430. The smallest absolute Gasteiger partial charge is 0.339 e. The first-order valence-corrected chi connectivity index (χ1v) is 10.4. The van der Waals surface area contributed by atoms with Crippen LogP contribution in [0.2, 0.25) is 5.02 Å². The summed E-state index contributed by atoms with van der Waals surface area (Å²) < 4.78 is 0. The van der Waals surface area contributed by atoms with E-state index in [4.69, 9.17) is 11.6 Å². The number of aromatic hydroxyl groups is 1. The Morgan fingerprint density at radius 2 is 1.63 bits per heavy atom. The van der Waals surface area contributed by atoms with Crippen LogP contribution in [0.1, 0.15) is 27.5 Å². The van der Waals surface area contributed by atoms with Crippen LogP contribution in [0.4, 0.5) is 11.4 Å². The molecule has 11 heteroatoms. The maximum absolute atomic E-state index is 13.1. The summed E-state index contributed by atoms with van der Waals surface area (Å²) in [5.41, 5.74) is -0.845. The number of aliphatic hydroxyl groups excluding tert-OH is 1. The number of anilines is 1. The number of nitrogens with zero attached hydrogens (tertiary/aromatic N) is 2. The van der Waals surface area contributed by atoms with Gasteiger partial charge >= 0.3 is 5.97 Å². The molecule has 0 aliphatic carbocycles. The number of nitro groups is 1. The molecule has 0 radical (unpaired) electrons. The average molecular weight is 495 g/mol. The number of ketones is 1. The molecule has 1 fully saturated rings. The molecule has 1 unspecified atom stereocenters. The van der Waals surface area contributed by atoms with Crippen LogP contribution in [0.5, 0.6) is 5.75 Å². The molecule has 1 aliphatic heterocycles. The number of non-ortho nitro benzene ring substituents is 1. The number of carboxylic acid groups (broad SMARTS) is 1. The van der Waals surface area contributed by atoms with Gasteiger partial charge in [-0.25, -0.2) is 4.79 Å². The molecular weight excluding hydrogens is 480 g/mol. The van der Waals surface area contributed by atoms with E-state index in [1.807, 2.05) is 0 Å². The van der Waals surface area contributed by atoms with Crippen molar-refractivity contribution in [2.75, 3.05) is 4.90 Å². The molecular formula is C24H15ClN2O8. The highest BCUT2D eigenvalue weighted by Gasteiger charge is 2.47. The number of carboxylic acids is 1. The standard InChI is InChI=1S/C24H15ClN2O8/c25-17-4-2-1-3-15(17)21(29)19-20(12-5-7-13(8-6-12)27(34)35)26(23(31)22(19)30)14-9-10-18(28)16(11-14)24(32)33/h1-11,20,28-29H,(H,32,33)/b21-19-. The Morgan fingerprint density at radius 1 is 0.971 bits per heavy atom. The first-order valence-electron chi connectivity index (χ1n) is 9.98. The molecule has 1 saturated heterocycles. The van der Waals surface area contributed by atoms with Crippen molar-refractivity contribution in [3.63, 3.8) is 0 Å². The lowest BCUT2D eigenvalue weighted by Crippen LogP contribution is -2.29. The number of aromatic carboxylic acids is 1. The molecule has 0 saturated carbocycles. The third-order valence-electron chi connectivity index (χ3n) is 5.48. The van der Waals surface area contributed by atoms with E-state index in [1.54, 1.807) is 12.1 Å². The van der Waals surface area contributed by atoms with Gasteiger partial charge in [0.15, 0.2) is 0 Å². The van der Waals surface area contributed by atoms with Crippen molar-refractivity contribution < 1.29 is 34.6 Å². The van der Waals surface area contributed by atoms with Crippen molar-refractivity contribution in [2.45, 2.75) is 6.04 Å². The summed E-state index contributed by atoms with van der Waals surface area (Å²) in [5.74, 6) is -4.75. The fourth-order valence-electron chi connectivity index (χ4n) is 3.84. The third kappa shape index (κ3) is 4.06. The number of amides is 1. The average Bonchev–Trinajstić information content (AvgIpc) is 3.09. The zero-order valence-electron chi connectivity index (χ0n) is 17.6. The highest BCUT2D eigenvalue weighted by atomic mass is 35.5. The Labute approximate surface area is 202 Å². The molecule has 10 nitrogen and oxygen atoms in total. The second kappa shape index (κ2) is 8.92. The molecule has 1 amide bonds. The van der Waals surface area contributed by atoms with E-state index in [1.165, 1.54) is 42.5 Å². The summed E-state index contributed by atoms with van der Waals surface area (Å²) in [7, 11) is 0. The van der Waals surface area contributed by atoms with Crippen LogP contribution in [0, 0.1) is 10.1 Å². The van der Waals surface area contributed by atoms with Gasteiger partial charge in [0.2, 0.25) is 0 Å². The first kappa shape index (κ1) is 23.5. The summed E-state index contributed by atoms with van der Waals surface area (Å²) in [6.45, 7) is 0. The fourth-order valence-corrected chi connectivity index (χ4v) is 4.06. The number of hydrogen-bond acceptors (Lipinski definition) is 7. The van der Waals surface area contributed by atoms with E-state index in [0.29, 0.717) is 0 Å². The summed E-state index contributed by atoms with van der Waals surface area (Å²) in [6, 6.07) is 13.1. The normalized spacial score (nSPS) is 16.9. The molecule has 0 aromatic heterocycles. The molecule has 3 aromatic carbocycles. The van der Waals surface area contributed by atoms with Crippen LogP contribution >= 0.6 is 11.6 Å². The number of benzene rings is 3. The van der Waals surface area contributed by atoms with E-state index >= 15 is 0 Å². The third-order valence-corrected chi connectivity index (χ3v) is 5.81. The summed E-state index contributed by atoms with van der Waals surface area (Å²) in [4.78, 5) is 49.2. The number of aliphatic hydroxyl groups is 1. The minimum atomic E-state index is -1.47. The Morgan fingerprint density at radius 3 is 2.23 bits per heavy atom. The molecule has 0 bridgehead atoms. The molecule has 4 rings (SSSR count). The molecule has 3 N–H and O–H groups in total. The Balaban J connectivity index is 1.98. The van der Waals surface area contributed by atoms with Crippen LogP contribution in [0.3, 0.4) is 0 Å². The van der Waals surface area contributed by atoms with Gasteiger partial charge in [-0.2, -0.15) is 0 Å². The lowest BCUT2D eigenvalue weighted by molar-refractivity contribution is -0.384. The molecule has 0 spiro atoms. The number of rotatable bonds is 5. The number of nitro benzene ring substituents is 1. The van der Waals surface area contributed by atoms with Crippen LogP contribution in [0.25, 0.3) is 5.76 Å². The van der Waals surface area contributed by atoms with E-state index < -0.39 is 45.7 Å². The van der Waals surface area contributed by atoms with Gasteiger partial charge in [0.1, 0.15) is 17.1 Å². The maximum Gasteiger partial charge on any atom is 0.339 e. The zero-order valence-corrected chi connectivity index (χ0v) is 18.3. The van der Waals surface area contributed by atoms with Gasteiger partial charge in [0.05, 0.1) is 21.6 Å². The van der Waals surface area contributed by atoms with E-state index in [2.05, 4.69) is 0 Å². The number of hydrogen-bond donors (Lipinski definition) is 3. The largest absolute Gasteiger partial charge is 0.507 e. The van der Waals surface area contributed by atoms with Crippen LogP contribution < -0.4 is 4.90 Å². The van der Waals surface area contributed by atoms with Gasteiger partial charge in [-0.05, 0) is 48.0 Å². The highest BCUT2D eigenvalue weighted by molar-refractivity contribution is 6.52. The minimum Gasteiger partial charge on any atom is -0.507 e. The number of phenols is 1. The zero-order chi connectivity index (χ0) is 25.4. The lowest BCUT2D eigenvalue weighted by atomic mass is 9.95. The molecule has 1 aliphatic rings. The predicted octanol–water partition coefficient (Wildman–Crippen LogP) is 4.28. The van der Waals surface area contributed by atoms with Crippen LogP contribution in [-0.2, 0) is 9.59 Å². The monoisotopic (exact) mass is 494 g/mol. The van der Waals surface area contributed by atoms with E-state index in [-0.39, 0.29) is 33.1 Å². The van der Waals surface area contributed by atoms with E-state index in [0.717, 1.165) is 17.0 Å². The summed E-state index contributed by atoms with van der Waals surface area (Å²) in [6.07, 6.45) is 0. The van der Waals surface area contributed by atoms with Gasteiger partial charge in [-0.3, -0.25) is 24.6 Å². The van der Waals surface area contributed by atoms with Crippen molar-refractivity contribution in [3.05, 3.63) is 104 Å². The molecule has 3 aromatic rings. The van der Waals surface area contributed by atoms with Crippen molar-refractivity contribution in [1.82, 2.24) is 0 Å². The summed E-state index contributed by atoms with van der Waals surface area (Å²) in [5, 5.41) is 41.5. The molecule has 1 heterocycles. The van der Waals surface area contributed by atoms with Gasteiger partial charge in [0.25, 0.3) is 17.4 Å². The van der Waals surface area contributed by atoms with E-state index in [9.17, 15) is 39.8 Å². The van der Waals surface area contributed by atoms with Crippen LogP contribution in [-0.4, -0.2) is 37.9 Å². The Kier molecular flexibility index (Phi) is 5.98. The number of carbonyl (C=O) groups excluding carboxylic acids is 2. The highest BCUT2D eigenvalue weighted by Crippen LogP contribution is 2.43. The molecule has 35 heavy (non-hydrogen) atoms. The summed E-state index contributed by atoms with van der Waals surface area (Å²) >= 11 is 6.19. The predicted molar refractivity (Wildman–Crippen MR) is 124 cm³/mol. The second-order valence-electron chi connectivity index (χ2n) is 7.50. The number of halogens is 1. The second-order valence-corrected chi connectivity index (χ2v) is 7.91. The Hall–Kier alpha value is -4.70. The molecule has 176 valence electrons. The van der Waals surface area contributed by atoms with Crippen molar-refractivity contribution in [3.8, 4) is 5.75 Å².